The molecule has 138 valence electrons. The first-order valence-corrected chi connectivity index (χ1v) is 10.8. The summed E-state index contributed by atoms with van der Waals surface area (Å²) in [6.45, 7) is 6.68. The van der Waals surface area contributed by atoms with Gasteiger partial charge in [0.1, 0.15) is 0 Å². The van der Waals surface area contributed by atoms with Crippen LogP contribution in [-0.4, -0.2) is 65.5 Å². The molecule has 1 amide bonds. The quantitative estimate of drug-likeness (QED) is 0.807. The third-order valence-electron chi connectivity index (χ3n) is 5.77. The zero-order chi connectivity index (χ0) is 17.2. The second-order valence-corrected chi connectivity index (χ2v) is 8.70. The molecule has 0 spiro atoms. The number of amides is 1. The summed E-state index contributed by atoms with van der Waals surface area (Å²) in [7, 11) is 0. The Morgan fingerprint density at radius 3 is 2.56 bits per heavy atom. The van der Waals surface area contributed by atoms with Crippen LogP contribution in [0.2, 0.25) is 0 Å². The first-order valence-electron chi connectivity index (χ1n) is 9.91. The summed E-state index contributed by atoms with van der Waals surface area (Å²) >= 11 is 1.74. The van der Waals surface area contributed by atoms with Crippen molar-refractivity contribution >= 4 is 22.4 Å². The summed E-state index contributed by atoms with van der Waals surface area (Å²) in [5, 5.41) is 3.26. The van der Waals surface area contributed by atoms with Gasteiger partial charge >= 0.3 is 0 Å². The number of carbonyl (C=O) groups excluding carboxylic acids is 1. The molecule has 4 rings (SSSR count). The molecule has 2 aliphatic carbocycles. The molecule has 25 heavy (non-hydrogen) atoms. The number of carbonyl (C=O) groups is 1. The number of thiazole rings is 1. The average Bonchev–Trinajstić information content (AvgIpc) is 3.18. The Morgan fingerprint density at radius 2 is 1.88 bits per heavy atom. The van der Waals surface area contributed by atoms with Gasteiger partial charge < -0.3 is 9.80 Å². The lowest BCUT2D eigenvalue weighted by Gasteiger charge is -2.31. The largest absolute Gasteiger partial charge is 0.347 e. The predicted molar refractivity (Wildman–Crippen MR) is 102 cm³/mol. The second-order valence-electron chi connectivity index (χ2n) is 7.86. The number of nitrogens with zero attached hydrogens (tertiary/aromatic N) is 4. The van der Waals surface area contributed by atoms with Gasteiger partial charge in [-0.05, 0) is 39.0 Å². The molecule has 3 aliphatic rings. The summed E-state index contributed by atoms with van der Waals surface area (Å²) in [6, 6.07) is 1.08. The predicted octanol–water partition coefficient (Wildman–Crippen LogP) is 2.90. The highest BCUT2D eigenvalue weighted by Crippen LogP contribution is 2.34. The van der Waals surface area contributed by atoms with Crippen LogP contribution in [0.15, 0.2) is 5.38 Å². The van der Waals surface area contributed by atoms with Gasteiger partial charge in [0.05, 0.1) is 12.2 Å². The summed E-state index contributed by atoms with van der Waals surface area (Å²) in [4.78, 5) is 24.7. The molecule has 0 bridgehead atoms. The molecule has 5 nitrogen and oxygen atoms in total. The standard InChI is InChI=1S/C19H30N4OS/c1-15-14-25-19(20-15)22-10-4-9-21(11-12-22)13-18(24)23(17-7-8-17)16-5-2-3-6-16/h14,16-17H,2-13H2,1H3. The molecule has 1 saturated heterocycles. The third-order valence-corrected chi connectivity index (χ3v) is 6.79. The molecule has 1 aromatic heterocycles. The van der Waals surface area contributed by atoms with E-state index >= 15 is 0 Å². The van der Waals surface area contributed by atoms with E-state index in [0.29, 0.717) is 24.5 Å². The van der Waals surface area contributed by atoms with Crippen molar-refractivity contribution in [1.82, 2.24) is 14.8 Å². The topological polar surface area (TPSA) is 39.7 Å². The van der Waals surface area contributed by atoms with Crippen molar-refractivity contribution in [3.05, 3.63) is 11.1 Å². The van der Waals surface area contributed by atoms with Gasteiger partial charge in [-0.25, -0.2) is 4.98 Å². The highest BCUT2D eigenvalue weighted by atomic mass is 32.1. The van der Waals surface area contributed by atoms with Crippen molar-refractivity contribution in [2.75, 3.05) is 37.6 Å². The summed E-state index contributed by atoms with van der Waals surface area (Å²) < 4.78 is 0. The minimum atomic E-state index is 0.382. The summed E-state index contributed by atoms with van der Waals surface area (Å²) in [6.07, 6.45) is 8.59. The Hall–Kier alpha value is -1.14. The Bertz CT molecular complexity index is 594. The first kappa shape index (κ1) is 17.3. The molecule has 0 atom stereocenters. The van der Waals surface area contributed by atoms with Crippen molar-refractivity contribution in [3.63, 3.8) is 0 Å². The van der Waals surface area contributed by atoms with Gasteiger partial charge in [-0.3, -0.25) is 9.69 Å². The van der Waals surface area contributed by atoms with Gasteiger partial charge in [-0.15, -0.1) is 11.3 Å². The van der Waals surface area contributed by atoms with E-state index in [0.717, 1.165) is 43.4 Å². The van der Waals surface area contributed by atoms with Crippen molar-refractivity contribution in [2.45, 2.75) is 64.0 Å². The first-order chi connectivity index (χ1) is 12.2. The van der Waals surface area contributed by atoms with E-state index < -0.39 is 0 Å². The highest BCUT2D eigenvalue weighted by molar-refractivity contribution is 7.13. The monoisotopic (exact) mass is 362 g/mol. The summed E-state index contributed by atoms with van der Waals surface area (Å²) in [5.41, 5.74) is 1.10. The lowest BCUT2D eigenvalue weighted by molar-refractivity contribution is -0.135. The molecular weight excluding hydrogens is 332 g/mol. The minimum Gasteiger partial charge on any atom is -0.347 e. The number of aryl methyl sites for hydroxylation is 1. The van der Waals surface area contributed by atoms with Gasteiger partial charge in [0.2, 0.25) is 5.91 Å². The van der Waals surface area contributed by atoms with Crippen molar-refractivity contribution in [3.8, 4) is 0 Å². The molecule has 0 radical (unpaired) electrons. The Balaban J connectivity index is 1.33. The van der Waals surface area contributed by atoms with E-state index in [1.165, 1.54) is 38.5 Å². The Kier molecular flexibility index (Phi) is 5.27. The van der Waals surface area contributed by atoms with Crippen molar-refractivity contribution < 1.29 is 4.79 Å². The molecule has 2 heterocycles. The van der Waals surface area contributed by atoms with Gasteiger partial charge in [-0.2, -0.15) is 0 Å². The number of hydrogen-bond acceptors (Lipinski definition) is 5. The smallest absolute Gasteiger partial charge is 0.237 e. The van der Waals surface area contributed by atoms with Crippen LogP contribution < -0.4 is 4.90 Å². The van der Waals surface area contributed by atoms with Gasteiger partial charge in [0.15, 0.2) is 5.13 Å². The van der Waals surface area contributed by atoms with E-state index in [1.807, 2.05) is 0 Å². The SMILES string of the molecule is Cc1csc(N2CCCN(CC(=O)N(C3CCCC3)C3CC3)CC2)n1. The molecule has 6 heteroatoms. The normalized spacial score (nSPS) is 23.0. The summed E-state index contributed by atoms with van der Waals surface area (Å²) in [5.74, 6) is 0.382. The van der Waals surface area contributed by atoms with Crippen LogP contribution in [0.1, 0.15) is 50.6 Å². The van der Waals surface area contributed by atoms with E-state index in [-0.39, 0.29) is 0 Å². The number of rotatable bonds is 5. The van der Waals surface area contributed by atoms with Crippen LogP contribution >= 0.6 is 11.3 Å². The average molecular weight is 363 g/mol. The third kappa shape index (κ3) is 4.17. The number of hydrogen-bond donors (Lipinski definition) is 0. The Morgan fingerprint density at radius 1 is 1.12 bits per heavy atom. The Labute approximate surface area is 155 Å². The number of anilines is 1. The zero-order valence-corrected chi connectivity index (χ0v) is 16.1. The van der Waals surface area contributed by atoms with E-state index in [9.17, 15) is 4.79 Å². The maximum absolute atomic E-state index is 13.0. The zero-order valence-electron chi connectivity index (χ0n) is 15.3. The second kappa shape index (κ2) is 7.62. The van der Waals surface area contributed by atoms with Crippen molar-refractivity contribution in [2.24, 2.45) is 0 Å². The minimum absolute atomic E-state index is 0.382. The van der Waals surface area contributed by atoms with E-state index in [1.54, 1.807) is 11.3 Å². The molecule has 0 aromatic carbocycles. The lowest BCUT2D eigenvalue weighted by atomic mass is 10.2. The van der Waals surface area contributed by atoms with Crippen LogP contribution in [0.3, 0.4) is 0 Å². The van der Waals surface area contributed by atoms with Crippen LogP contribution in [0.4, 0.5) is 5.13 Å². The van der Waals surface area contributed by atoms with Crippen molar-refractivity contribution in [1.29, 1.82) is 0 Å². The molecule has 1 aromatic rings. The number of aromatic nitrogens is 1. The van der Waals surface area contributed by atoms with E-state index in [2.05, 4.69) is 32.0 Å². The van der Waals surface area contributed by atoms with Crippen LogP contribution in [-0.2, 0) is 4.79 Å². The van der Waals surface area contributed by atoms with Gasteiger partial charge in [-0.1, -0.05) is 12.8 Å². The molecule has 0 unspecified atom stereocenters. The fourth-order valence-electron chi connectivity index (χ4n) is 4.32. The maximum atomic E-state index is 13.0. The molecule has 0 N–H and O–H groups in total. The van der Waals surface area contributed by atoms with Crippen LogP contribution in [0.5, 0.6) is 0 Å². The fourth-order valence-corrected chi connectivity index (χ4v) is 5.18. The lowest BCUT2D eigenvalue weighted by Crippen LogP contribution is -2.46. The molecular formula is C19H30N4OS. The van der Waals surface area contributed by atoms with Gasteiger partial charge in [0, 0.05) is 43.6 Å². The maximum Gasteiger partial charge on any atom is 0.237 e. The molecule has 3 fully saturated rings. The molecule has 2 saturated carbocycles. The molecule has 1 aliphatic heterocycles. The van der Waals surface area contributed by atoms with Gasteiger partial charge in [0.25, 0.3) is 0 Å². The highest BCUT2D eigenvalue weighted by Gasteiger charge is 2.38. The van der Waals surface area contributed by atoms with Crippen LogP contribution in [0, 0.1) is 6.92 Å². The van der Waals surface area contributed by atoms with E-state index in [4.69, 9.17) is 0 Å². The van der Waals surface area contributed by atoms with Crippen LogP contribution in [0.25, 0.3) is 0 Å². The fraction of sp³-hybridized carbons (Fsp3) is 0.789.